The summed E-state index contributed by atoms with van der Waals surface area (Å²) in [5.74, 6) is -0.641. The topological polar surface area (TPSA) is 86.6 Å². The van der Waals surface area contributed by atoms with Crippen LogP contribution in [0, 0.1) is 6.92 Å². The maximum absolute atomic E-state index is 12.6. The number of anilines is 1. The molecule has 7 nitrogen and oxygen atoms in total. The lowest BCUT2D eigenvalue weighted by Gasteiger charge is -2.35. The van der Waals surface area contributed by atoms with Crippen molar-refractivity contribution in [2.24, 2.45) is 0 Å². The summed E-state index contributed by atoms with van der Waals surface area (Å²) in [6.07, 6.45) is 1.54. The molecule has 1 amide bonds. The number of amides is 1. The summed E-state index contributed by atoms with van der Waals surface area (Å²) in [6.45, 7) is 3.70. The summed E-state index contributed by atoms with van der Waals surface area (Å²) < 4.78 is 0. The summed E-state index contributed by atoms with van der Waals surface area (Å²) in [7, 11) is 0. The fourth-order valence-electron chi connectivity index (χ4n) is 2.83. The zero-order chi connectivity index (χ0) is 18.8. The van der Waals surface area contributed by atoms with Gasteiger partial charge in [-0.05, 0) is 25.1 Å². The quantitative estimate of drug-likeness (QED) is 0.860. The molecule has 0 aromatic carbocycles. The van der Waals surface area contributed by atoms with E-state index in [0.29, 0.717) is 47.7 Å². The second-order valence-corrected chi connectivity index (χ2v) is 6.72. The third kappa shape index (κ3) is 3.73. The van der Waals surface area contributed by atoms with Crippen molar-refractivity contribution in [3.8, 4) is 0 Å². The molecule has 0 aliphatic carbocycles. The number of piperazine rings is 1. The van der Waals surface area contributed by atoms with Crippen molar-refractivity contribution in [1.29, 1.82) is 0 Å². The van der Waals surface area contributed by atoms with E-state index in [1.807, 2.05) is 4.90 Å². The normalized spacial score (nSPS) is 14.4. The van der Waals surface area contributed by atoms with Gasteiger partial charge in [-0.1, -0.05) is 23.2 Å². The van der Waals surface area contributed by atoms with Crippen molar-refractivity contribution < 1.29 is 14.7 Å². The average molecular weight is 395 g/mol. The van der Waals surface area contributed by atoms with Gasteiger partial charge in [-0.15, -0.1) is 0 Å². The molecule has 136 valence electrons. The van der Waals surface area contributed by atoms with Gasteiger partial charge in [0.1, 0.15) is 11.5 Å². The number of carbonyl (C=O) groups is 2. The molecule has 1 saturated heterocycles. The van der Waals surface area contributed by atoms with Crippen LogP contribution in [0.25, 0.3) is 0 Å². The number of rotatable bonds is 3. The molecule has 0 saturated carbocycles. The van der Waals surface area contributed by atoms with Crippen molar-refractivity contribution in [2.45, 2.75) is 6.92 Å². The van der Waals surface area contributed by atoms with Gasteiger partial charge >= 0.3 is 5.97 Å². The minimum absolute atomic E-state index is 0.0924. The Kier molecular flexibility index (Phi) is 5.29. The smallest absolute Gasteiger partial charge is 0.337 e. The minimum Gasteiger partial charge on any atom is -0.478 e. The van der Waals surface area contributed by atoms with E-state index in [4.69, 9.17) is 28.3 Å². The molecule has 1 fully saturated rings. The second kappa shape index (κ2) is 7.47. The van der Waals surface area contributed by atoms with Crippen molar-refractivity contribution in [1.82, 2.24) is 14.9 Å². The highest BCUT2D eigenvalue weighted by Gasteiger charge is 2.25. The number of halogens is 2. The summed E-state index contributed by atoms with van der Waals surface area (Å²) in [4.78, 5) is 35.8. The second-order valence-electron chi connectivity index (χ2n) is 5.87. The molecular formula is C17H16Cl2N4O3. The van der Waals surface area contributed by atoms with Gasteiger partial charge in [-0.3, -0.25) is 4.79 Å². The van der Waals surface area contributed by atoms with Crippen LogP contribution in [0.3, 0.4) is 0 Å². The number of carbonyl (C=O) groups excluding carboxylic acids is 1. The lowest BCUT2D eigenvalue weighted by Crippen LogP contribution is -2.49. The van der Waals surface area contributed by atoms with Gasteiger partial charge in [0.2, 0.25) is 0 Å². The molecule has 0 atom stereocenters. The fourth-order valence-corrected chi connectivity index (χ4v) is 3.33. The van der Waals surface area contributed by atoms with Crippen molar-refractivity contribution in [3.05, 3.63) is 51.4 Å². The van der Waals surface area contributed by atoms with Crippen molar-refractivity contribution >= 4 is 40.9 Å². The first-order valence-corrected chi connectivity index (χ1v) is 8.68. The van der Waals surface area contributed by atoms with Crippen molar-refractivity contribution in [2.75, 3.05) is 31.1 Å². The lowest BCUT2D eigenvalue weighted by molar-refractivity contribution is 0.0690. The molecule has 26 heavy (non-hydrogen) atoms. The van der Waals surface area contributed by atoms with Crippen LogP contribution in [0.15, 0.2) is 24.4 Å². The van der Waals surface area contributed by atoms with E-state index in [1.54, 1.807) is 17.9 Å². The monoisotopic (exact) mass is 394 g/mol. The highest BCUT2D eigenvalue weighted by molar-refractivity contribution is 6.36. The zero-order valence-corrected chi connectivity index (χ0v) is 15.5. The Labute approximate surface area is 160 Å². The Morgan fingerprint density at radius 3 is 2.42 bits per heavy atom. The van der Waals surface area contributed by atoms with Crippen LogP contribution < -0.4 is 4.90 Å². The molecule has 2 aromatic heterocycles. The van der Waals surface area contributed by atoms with Gasteiger partial charge < -0.3 is 14.9 Å². The van der Waals surface area contributed by atoms with E-state index in [9.17, 15) is 9.59 Å². The van der Waals surface area contributed by atoms with E-state index in [-0.39, 0.29) is 17.2 Å². The van der Waals surface area contributed by atoms with Gasteiger partial charge in [0.25, 0.3) is 5.91 Å². The number of aromatic nitrogens is 2. The number of pyridine rings is 2. The highest BCUT2D eigenvalue weighted by atomic mass is 35.5. The Hall–Kier alpha value is -2.38. The van der Waals surface area contributed by atoms with E-state index in [2.05, 4.69) is 9.97 Å². The number of hydrogen-bond acceptors (Lipinski definition) is 5. The Bertz CT molecular complexity index is 867. The summed E-state index contributed by atoms with van der Waals surface area (Å²) in [5.41, 5.74) is 0.651. The van der Waals surface area contributed by atoms with Gasteiger partial charge in [0.15, 0.2) is 0 Å². The number of carboxylic acids is 1. The molecule has 2 aromatic rings. The number of nitrogens with zero attached hydrogens (tertiary/aromatic N) is 4. The number of aryl methyl sites for hydroxylation is 1. The van der Waals surface area contributed by atoms with Crippen LogP contribution in [-0.4, -0.2) is 58.0 Å². The third-order valence-electron chi connectivity index (χ3n) is 4.19. The first-order valence-electron chi connectivity index (χ1n) is 7.93. The molecule has 0 unspecified atom stereocenters. The summed E-state index contributed by atoms with van der Waals surface area (Å²) >= 11 is 12.1. The van der Waals surface area contributed by atoms with E-state index >= 15 is 0 Å². The van der Waals surface area contributed by atoms with E-state index in [1.165, 1.54) is 18.3 Å². The van der Waals surface area contributed by atoms with Crippen LogP contribution in [0.4, 0.5) is 5.82 Å². The van der Waals surface area contributed by atoms with Gasteiger partial charge in [0.05, 0.1) is 21.3 Å². The number of hydrogen-bond donors (Lipinski definition) is 1. The largest absolute Gasteiger partial charge is 0.478 e. The predicted molar refractivity (Wildman–Crippen MR) is 98.3 cm³/mol. The molecule has 0 spiro atoms. The SMILES string of the molecule is Cc1nc(C(=O)N2CCN(c3ncc(Cl)cc3Cl)CC2)ccc1C(=O)O. The molecule has 1 aliphatic heterocycles. The van der Waals surface area contributed by atoms with Crippen molar-refractivity contribution in [3.63, 3.8) is 0 Å². The number of aromatic carboxylic acids is 1. The fraction of sp³-hybridized carbons (Fsp3) is 0.294. The van der Waals surface area contributed by atoms with E-state index in [0.717, 1.165) is 0 Å². The minimum atomic E-state index is -1.06. The lowest BCUT2D eigenvalue weighted by atomic mass is 10.1. The Morgan fingerprint density at radius 1 is 1.15 bits per heavy atom. The van der Waals surface area contributed by atoms with Gasteiger partial charge in [-0.2, -0.15) is 0 Å². The van der Waals surface area contributed by atoms with Crippen LogP contribution in [0.2, 0.25) is 10.0 Å². The maximum atomic E-state index is 12.6. The van der Waals surface area contributed by atoms with E-state index < -0.39 is 5.97 Å². The van der Waals surface area contributed by atoms with Gasteiger partial charge in [0, 0.05) is 32.4 Å². The summed E-state index contributed by atoms with van der Waals surface area (Å²) in [6, 6.07) is 4.49. The molecule has 3 heterocycles. The molecule has 9 heteroatoms. The first-order chi connectivity index (χ1) is 12.4. The molecule has 1 aliphatic rings. The molecule has 0 radical (unpaired) electrons. The van der Waals surface area contributed by atoms with Crippen LogP contribution in [0.1, 0.15) is 26.5 Å². The molecule has 0 bridgehead atoms. The van der Waals surface area contributed by atoms with Crippen LogP contribution in [-0.2, 0) is 0 Å². The Balaban J connectivity index is 1.69. The van der Waals surface area contributed by atoms with Crippen LogP contribution >= 0.6 is 23.2 Å². The van der Waals surface area contributed by atoms with Crippen LogP contribution in [0.5, 0.6) is 0 Å². The predicted octanol–water partition coefficient (Wildman–Crippen LogP) is 2.75. The molecular weight excluding hydrogens is 379 g/mol. The first kappa shape index (κ1) is 18.4. The summed E-state index contributed by atoms with van der Waals surface area (Å²) in [5, 5.41) is 10.00. The average Bonchev–Trinajstić information content (AvgIpc) is 2.61. The number of carboxylic acid groups (broad SMARTS) is 1. The van der Waals surface area contributed by atoms with Gasteiger partial charge in [-0.25, -0.2) is 14.8 Å². The molecule has 3 rings (SSSR count). The third-order valence-corrected chi connectivity index (χ3v) is 4.67. The standard InChI is InChI=1S/C17H16Cl2N4O3/c1-10-12(17(25)26)2-3-14(21-10)16(24)23-6-4-22(5-7-23)15-13(19)8-11(18)9-20-15/h2-3,8-9H,4-7H2,1H3,(H,25,26). The zero-order valence-electron chi connectivity index (χ0n) is 13.9. The Morgan fingerprint density at radius 2 is 1.85 bits per heavy atom. The highest BCUT2D eigenvalue weighted by Crippen LogP contribution is 2.27. The maximum Gasteiger partial charge on any atom is 0.337 e. The molecule has 1 N–H and O–H groups in total.